The van der Waals surface area contributed by atoms with Gasteiger partial charge in [0.05, 0.1) is 24.6 Å². The summed E-state index contributed by atoms with van der Waals surface area (Å²) in [5, 5.41) is 25.1. The second-order valence-corrected chi connectivity index (χ2v) is 19.5. The van der Waals surface area contributed by atoms with Crippen molar-refractivity contribution in [2.75, 3.05) is 51.9 Å². The largest absolute Gasteiger partial charge is 0.451 e. The minimum atomic E-state index is -4.57. The van der Waals surface area contributed by atoms with Crippen molar-refractivity contribution in [1.82, 2.24) is 39.3 Å². The molecule has 2 aliphatic carbocycles. The Balaban J connectivity index is 0.000000216. The molecule has 22 heteroatoms. The Labute approximate surface area is 410 Å². The highest BCUT2D eigenvalue weighted by Crippen LogP contribution is 2.44. The monoisotopic (exact) mass is 1010 g/mol. The number of fused-ring (bicyclic) bond motifs is 2. The molecule has 369 valence electrons. The summed E-state index contributed by atoms with van der Waals surface area (Å²) in [5.74, 6) is -1.23. The summed E-state index contributed by atoms with van der Waals surface area (Å²) in [6, 6.07) is 17.6. The second kappa shape index (κ2) is 24.3. The highest BCUT2D eigenvalue weighted by molar-refractivity contribution is 7.97. The lowest BCUT2D eigenvalue weighted by Crippen LogP contribution is -2.44. The normalized spacial score (nSPS) is 23.7. The molecule has 3 radical (unpaired) electrons. The Morgan fingerprint density at radius 2 is 1.31 bits per heavy atom. The van der Waals surface area contributed by atoms with E-state index in [1.807, 2.05) is 42.8 Å². The first-order valence-electron chi connectivity index (χ1n) is 22.6. The Morgan fingerprint density at radius 1 is 0.794 bits per heavy atom. The number of carbonyl (C=O) groups excluding carboxylic acids is 1. The summed E-state index contributed by atoms with van der Waals surface area (Å²) < 4.78 is 85.1. The van der Waals surface area contributed by atoms with Gasteiger partial charge in [-0.1, -0.05) is 47.5 Å². The molecule has 3 aliphatic heterocycles. The van der Waals surface area contributed by atoms with Crippen LogP contribution in [0.3, 0.4) is 0 Å². The molecule has 5 heterocycles. The molecule has 2 aromatic heterocycles. The Kier molecular flexibility index (Phi) is 19.7. The molecule has 1 saturated heterocycles. The molecule has 0 unspecified atom stereocenters. The van der Waals surface area contributed by atoms with Crippen LogP contribution >= 0.6 is 35.0 Å². The van der Waals surface area contributed by atoms with Crippen LogP contribution in [0.1, 0.15) is 98.6 Å². The van der Waals surface area contributed by atoms with Gasteiger partial charge in [0.2, 0.25) is 17.6 Å². The molecule has 5 aliphatic rings. The van der Waals surface area contributed by atoms with Crippen LogP contribution in [-0.2, 0) is 58.9 Å². The molecule has 2 N–H and O–H groups in total. The van der Waals surface area contributed by atoms with Gasteiger partial charge in [0, 0.05) is 82.3 Å². The number of aromatic nitrogens is 6. The zero-order valence-corrected chi connectivity index (χ0v) is 40.7. The van der Waals surface area contributed by atoms with Crippen LogP contribution in [0.4, 0.5) is 26.3 Å². The van der Waals surface area contributed by atoms with Gasteiger partial charge in [0.1, 0.15) is 5.82 Å². The third kappa shape index (κ3) is 13.5. The average Bonchev–Trinajstić information content (AvgIpc) is 4.12. The third-order valence-electron chi connectivity index (χ3n) is 13.4. The Hall–Kier alpha value is -3.87. The summed E-state index contributed by atoms with van der Waals surface area (Å²) in [7, 11) is 0. The number of thioether (sulfide) groups is 1. The highest BCUT2D eigenvalue weighted by Gasteiger charge is 2.44. The van der Waals surface area contributed by atoms with Crippen molar-refractivity contribution in [3.05, 3.63) is 93.0 Å². The molecule has 68 heavy (non-hydrogen) atoms. The molecule has 2 aromatic carbocycles. The van der Waals surface area contributed by atoms with Gasteiger partial charge in [-0.05, 0) is 118 Å². The maximum Gasteiger partial charge on any atom is 0.451 e. The molecular weight excluding hydrogens is 952 g/mol. The van der Waals surface area contributed by atoms with Gasteiger partial charge in [-0.15, -0.1) is 20.4 Å². The van der Waals surface area contributed by atoms with E-state index in [9.17, 15) is 36.4 Å². The van der Waals surface area contributed by atoms with Crippen LogP contribution in [0.15, 0.2) is 48.5 Å². The van der Waals surface area contributed by atoms with Crippen LogP contribution in [-0.4, -0.2) is 106 Å². The summed E-state index contributed by atoms with van der Waals surface area (Å²) >= 11 is 14.0. The van der Waals surface area contributed by atoms with Gasteiger partial charge in [-0.25, -0.2) is 0 Å². The molecule has 12 nitrogen and oxygen atoms in total. The van der Waals surface area contributed by atoms with E-state index in [0.717, 1.165) is 60.6 Å². The van der Waals surface area contributed by atoms with Crippen molar-refractivity contribution in [3.8, 4) is 6.07 Å². The first kappa shape index (κ1) is 55.1. The molecule has 0 atom stereocenters. The molecular formula is C46H58BCl2F6N10O2S. The lowest BCUT2D eigenvalue weighted by atomic mass is 9.66. The van der Waals surface area contributed by atoms with E-state index in [4.69, 9.17) is 33.7 Å². The number of nitriles is 1. The zero-order chi connectivity index (χ0) is 48.4. The van der Waals surface area contributed by atoms with Gasteiger partial charge in [0.25, 0.3) is 0 Å². The number of benzene rings is 2. The predicted octanol–water partition coefficient (Wildman–Crippen LogP) is 9.19. The fourth-order valence-corrected chi connectivity index (χ4v) is 10.1. The van der Waals surface area contributed by atoms with E-state index >= 15 is 0 Å². The molecule has 4 aromatic rings. The maximum absolute atomic E-state index is 13.0. The smallest absolute Gasteiger partial charge is 0.381 e. The van der Waals surface area contributed by atoms with E-state index in [2.05, 4.69) is 37.4 Å². The predicted molar refractivity (Wildman–Crippen MR) is 251 cm³/mol. The molecule has 0 spiro atoms. The van der Waals surface area contributed by atoms with Crippen LogP contribution < -0.4 is 5.73 Å². The Morgan fingerprint density at radius 3 is 1.79 bits per heavy atom. The summed E-state index contributed by atoms with van der Waals surface area (Å²) in [6.45, 7) is 4.94. The number of nitrogens with zero attached hydrogens (tertiary/aromatic N) is 9. The van der Waals surface area contributed by atoms with Crippen molar-refractivity contribution < 1.29 is 35.9 Å². The topological polar surface area (TPSA) is 144 Å². The number of ether oxygens (including phenoxy) is 1. The molecule has 9 rings (SSSR count). The van der Waals surface area contributed by atoms with Crippen LogP contribution in [0.25, 0.3) is 0 Å². The summed E-state index contributed by atoms with van der Waals surface area (Å²) in [4.78, 5) is 16.7. The first-order valence-corrected chi connectivity index (χ1v) is 25.0. The van der Waals surface area contributed by atoms with E-state index in [-0.39, 0.29) is 57.7 Å². The van der Waals surface area contributed by atoms with Gasteiger partial charge in [0.15, 0.2) is 5.82 Å². The van der Waals surface area contributed by atoms with Crippen LogP contribution in [0, 0.1) is 23.2 Å². The van der Waals surface area contributed by atoms with Gasteiger partial charge >= 0.3 is 12.4 Å². The number of halogens is 8. The van der Waals surface area contributed by atoms with E-state index in [0.29, 0.717) is 62.1 Å². The number of hydrogen-bond donors (Lipinski definition) is 1. The van der Waals surface area contributed by atoms with Crippen molar-refractivity contribution in [2.24, 2.45) is 17.6 Å². The fourth-order valence-electron chi connectivity index (χ4n) is 9.71. The van der Waals surface area contributed by atoms with Crippen LogP contribution in [0.2, 0.25) is 10.0 Å². The molecule has 3 fully saturated rings. The summed E-state index contributed by atoms with van der Waals surface area (Å²) in [5.41, 5.74) is 7.53. The average molecular weight is 1010 g/mol. The number of alkyl halides is 6. The highest BCUT2D eigenvalue weighted by atomic mass is 35.5. The number of carbonyl (C=O) groups is 1. The third-order valence-corrected chi connectivity index (χ3v) is 13.9. The van der Waals surface area contributed by atoms with E-state index < -0.39 is 29.4 Å². The second-order valence-electron chi connectivity index (χ2n) is 17.8. The number of nitrogens with two attached hydrogens (primary N) is 1. The number of rotatable bonds is 6. The number of amides is 1. The SMILES string of the molecule is C1CCOC1.CSC.N#CC1(c2cccc(Cl)c2)CCC(C(=O)N2CCn3c(nnc3C(F)(F)F)C2)CC1.NCC1(c2cccc(Cl)c2)CCC(CN2CCn3c(nnc3C(F)(F)F)C2)CC1.[B]. The standard InChI is InChI=1S/C20H19ClF3N5O.C20H25ClF3N5.C4H8O.C2H6S.B/c21-15-3-1-2-14(10-15)19(12-25)6-4-13(5-7-19)17(30)28-8-9-29-16(11-28)26-27-18(29)20(22,23)24;21-16-3-1-2-15(10-16)19(13-25)6-4-14(5-7-19)11-28-8-9-29-17(12-28)26-27-18(29)20(22,23)24;1-2-4-5-3-1;1-3-2;/h1-3,10,13H,4-9,11H2;1-3,10,14H,4-9,11-13,25H2;1-4H2;1-2H3;. The van der Waals surface area contributed by atoms with E-state index in [1.165, 1.54) is 23.0 Å². The maximum atomic E-state index is 13.0. The van der Waals surface area contributed by atoms with E-state index in [1.54, 1.807) is 28.8 Å². The minimum absolute atomic E-state index is 0. The van der Waals surface area contributed by atoms with Gasteiger partial charge in [-0.3, -0.25) is 9.69 Å². The van der Waals surface area contributed by atoms with Gasteiger partial charge < -0.3 is 24.5 Å². The molecule has 0 bridgehead atoms. The van der Waals surface area contributed by atoms with Crippen LogP contribution in [0.5, 0.6) is 0 Å². The Bertz CT molecular complexity index is 2280. The first-order chi connectivity index (χ1) is 32.0. The van der Waals surface area contributed by atoms with Crippen molar-refractivity contribution >= 4 is 49.3 Å². The summed E-state index contributed by atoms with van der Waals surface area (Å²) in [6.07, 6.45) is 3.83. The molecule has 1 amide bonds. The zero-order valence-electron chi connectivity index (χ0n) is 38.3. The fraction of sp³-hybridized carbons (Fsp3) is 0.609. The quantitative estimate of drug-likeness (QED) is 0.147. The minimum Gasteiger partial charge on any atom is -0.381 e. The lowest BCUT2D eigenvalue weighted by Gasteiger charge is -2.41. The number of hydrogen-bond acceptors (Lipinski definition) is 10. The molecule has 2 saturated carbocycles. The lowest BCUT2D eigenvalue weighted by molar-refractivity contribution is -0.149. The van der Waals surface area contributed by atoms with Crippen molar-refractivity contribution in [2.45, 2.75) is 114 Å². The van der Waals surface area contributed by atoms with Crippen molar-refractivity contribution in [3.63, 3.8) is 0 Å². The van der Waals surface area contributed by atoms with Gasteiger partial charge in [-0.2, -0.15) is 43.4 Å². The van der Waals surface area contributed by atoms with Crippen molar-refractivity contribution in [1.29, 1.82) is 5.26 Å².